The van der Waals surface area contributed by atoms with Crippen LogP contribution >= 0.6 is 11.5 Å². The normalized spacial score (nSPS) is 12.5. The van der Waals surface area contributed by atoms with Gasteiger partial charge in [-0.2, -0.15) is 4.37 Å². The minimum atomic E-state index is -0.0605. The standard InChI is InChI=1S/C20H22N4S/c1-13(2)24-11-14-10-21-18(22-17(14)12-24)9-20(3,4)19-15-7-5-6-8-16(15)23-25-19/h5-8,10-13H,9H2,1-4H3. The minimum Gasteiger partial charge on any atom is -0.349 e. The van der Waals surface area contributed by atoms with Crippen molar-refractivity contribution in [2.75, 3.05) is 0 Å². The molecule has 0 N–H and O–H groups in total. The van der Waals surface area contributed by atoms with E-state index in [1.165, 1.54) is 10.3 Å². The quantitative estimate of drug-likeness (QED) is 0.512. The monoisotopic (exact) mass is 350 g/mol. The molecule has 3 aromatic heterocycles. The van der Waals surface area contributed by atoms with Gasteiger partial charge in [-0.05, 0) is 31.4 Å². The average molecular weight is 350 g/mol. The number of fused-ring (bicyclic) bond motifs is 2. The van der Waals surface area contributed by atoms with E-state index in [1.54, 1.807) is 11.5 Å². The fourth-order valence-corrected chi connectivity index (χ4v) is 4.16. The van der Waals surface area contributed by atoms with E-state index in [0.717, 1.165) is 28.7 Å². The van der Waals surface area contributed by atoms with E-state index in [-0.39, 0.29) is 5.41 Å². The van der Waals surface area contributed by atoms with Crippen LogP contribution in [-0.2, 0) is 11.8 Å². The summed E-state index contributed by atoms with van der Waals surface area (Å²) in [5.41, 5.74) is 2.03. The van der Waals surface area contributed by atoms with E-state index in [4.69, 9.17) is 4.98 Å². The first-order valence-corrected chi connectivity index (χ1v) is 9.39. The Morgan fingerprint density at radius 3 is 2.72 bits per heavy atom. The van der Waals surface area contributed by atoms with Crippen molar-refractivity contribution in [3.63, 3.8) is 0 Å². The van der Waals surface area contributed by atoms with Crippen LogP contribution in [0.15, 0.2) is 42.9 Å². The second kappa shape index (κ2) is 5.92. The first kappa shape index (κ1) is 16.2. The SMILES string of the molecule is CC(C)n1cc2cnc(CC(C)(C)c3snc4ccccc34)nc2c1. The zero-order valence-electron chi connectivity index (χ0n) is 15.0. The Morgan fingerprint density at radius 1 is 1.12 bits per heavy atom. The lowest BCUT2D eigenvalue weighted by Crippen LogP contribution is -2.20. The fraction of sp³-hybridized carbons (Fsp3) is 0.350. The molecule has 128 valence electrons. The highest BCUT2D eigenvalue weighted by Crippen LogP contribution is 2.35. The molecule has 0 aliphatic heterocycles. The highest BCUT2D eigenvalue weighted by Gasteiger charge is 2.27. The molecule has 4 aromatic rings. The van der Waals surface area contributed by atoms with Gasteiger partial charge in [-0.25, -0.2) is 9.97 Å². The molecule has 0 aliphatic rings. The van der Waals surface area contributed by atoms with Gasteiger partial charge in [0, 0.05) is 52.1 Å². The molecule has 25 heavy (non-hydrogen) atoms. The van der Waals surface area contributed by atoms with Crippen LogP contribution in [0.3, 0.4) is 0 Å². The predicted octanol–water partition coefficient (Wildman–Crippen LogP) is 5.14. The second-order valence-corrected chi connectivity index (χ2v) is 8.29. The van der Waals surface area contributed by atoms with Crippen molar-refractivity contribution >= 4 is 33.3 Å². The van der Waals surface area contributed by atoms with Gasteiger partial charge < -0.3 is 4.57 Å². The Kier molecular flexibility index (Phi) is 3.84. The predicted molar refractivity (Wildman–Crippen MR) is 104 cm³/mol. The molecule has 0 unspecified atom stereocenters. The third-order valence-electron chi connectivity index (χ3n) is 4.65. The van der Waals surface area contributed by atoms with E-state index >= 15 is 0 Å². The molecule has 1 aromatic carbocycles. The number of benzene rings is 1. The molecule has 4 nitrogen and oxygen atoms in total. The van der Waals surface area contributed by atoms with Crippen molar-refractivity contribution in [1.82, 2.24) is 18.9 Å². The van der Waals surface area contributed by atoms with Crippen molar-refractivity contribution in [1.29, 1.82) is 0 Å². The van der Waals surface area contributed by atoms with Gasteiger partial charge in [0.2, 0.25) is 0 Å². The summed E-state index contributed by atoms with van der Waals surface area (Å²) in [4.78, 5) is 10.7. The zero-order chi connectivity index (χ0) is 17.6. The number of nitrogens with zero attached hydrogens (tertiary/aromatic N) is 4. The zero-order valence-corrected chi connectivity index (χ0v) is 15.8. The number of rotatable bonds is 4. The topological polar surface area (TPSA) is 43.6 Å². The maximum atomic E-state index is 4.81. The van der Waals surface area contributed by atoms with Crippen molar-refractivity contribution in [2.24, 2.45) is 0 Å². The van der Waals surface area contributed by atoms with Crippen molar-refractivity contribution in [2.45, 2.75) is 45.6 Å². The summed E-state index contributed by atoms with van der Waals surface area (Å²) in [5.74, 6) is 0.886. The Bertz CT molecular complexity index is 1040. The van der Waals surface area contributed by atoms with E-state index in [0.29, 0.717) is 6.04 Å². The summed E-state index contributed by atoms with van der Waals surface area (Å²) in [6.45, 7) is 8.84. The molecule has 0 amide bonds. The third kappa shape index (κ3) is 2.93. The Labute approximate surface area is 151 Å². The highest BCUT2D eigenvalue weighted by atomic mass is 32.1. The van der Waals surface area contributed by atoms with Crippen molar-refractivity contribution < 1.29 is 0 Å². The number of hydrogen-bond acceptors (Lipinski definition) is 4. The molecular weight excluding hydrogens is 328 g/mol. The maximum Gasteiger partial charge on any atom is 0.129 e. The molecule has 0 aliphatic carbocycles. The molecule has 0 bridgehead atoms. The smallest absolute Gasteiger partial charge is 0.129 e. The summed E-state index contributed by atoms with van der Waals surface area (Å²) < 4.78 is 6.78. The van der Waals surface area contributed by atoms with E-state index in [2.05, 4.69) is 72.2 Å². The van der Waals surface area contributed by atoms with Gasteiger partial charge in [0.05, 0.1) is 11.0 Å². The summed E-state index contributed by atoms with van der Waals surface area (Å²) in [7, 11) is 0. The summed E-state index contributed by atoms with van der Waals surface area (Å²) in [6.07, 6.45) is 6.96. The largest absolute Gasteiger partial charge is 0.349 e. The van der Waals surface area contributed by atoms with Gasteiger partial charge in [-0.1, -0.05) is 32.0 Å². The van der Waals surface area contributed by atoms with Gasteiger partial charge in [0.15, 0.2) is 0 Å². The summed E-state index contributed by atoms with van der Waals surface area (Å²) >= 11 is 1.59. The van der Waals surface area contributed by atoms with Gasteiger partial charge in [0.1, 0.15) is 5.82 Å². The van der Waals surface area contributed by atoms with Crippen LogP contribution in [0.2, 0.25) is 0 Å². The molecule has 5 heteroatoms. The molecule has 0 fully saturated rings. The molecule has 0 spiro atoms. The number of aromatic nitrogens is 4. The van der Waals surface area contributed by atoms with Crippen LogP contribution in [-0.4, -0.2) is 18.9 Å². The molecule has 3 heterocycles. The maximum absolute atomic E-state index is 4.81. The third-order valence-corrected chi connectivity index (χ3v) is 5.90. The molecule has 0 saturated carbocycles. The van der Waals surface area contributed by atoms with Crippen LogP contribution in [0.5, 0.6) is 0 Å². The van der Waals surface area contributed by atoms with Crippen LogP contribution in [0, 0.1) is 0 Å². The Morgan fingerprint density at radius 2 is 1.92 bits per heavy atom. The highest BCUT2D eigenvalue weighted by molar-refractivity contribution is 7.07. The summed E-state index contributed by atoms with van der Waals surface area (Å²) in [6, 6.07) is 8.77. The second-order valence-electron chi connectivity index (χ2n) is 7.52. The molecular formula is C20H22N4S. The lowest BCUT2D eigenvalue weighted by Gasteiger charge is -2.22. The van der Waals surface area contributed by atoms with Gasteiger partial charge >= 0.3 is 0 Å². The minimum absolute atomic E-state index is 0.0605. The van der Waals surface area contributed by atoms with Gasteiger partial charge in [-0.15, -0.1) is 0 Å². The lowest BCUT2D eigenvalue weighted by molar-refractivity contribution is 0.522. The molecule has 0 saturated heterocycles. The van der Waals surface area contributed by atoms with Gasteiger partial charge in [-0.3, -0.25) is 0 Å². The van der Waals surface area contributed by atoms with Crippen molar-refractivity contribution in [3.8, 4) is 0 Å². The summed E-state index contributed by atoms with van der Waals surface area (Å²) in [5, 5.41) is 2.34. The van der Waals surface area contributed by atoms with Crippen molar-refractivity contribution in [3.05, 3.63) is 53.6 Å². The van der Waals surface area contributed by atoms with Gasteiger partial charge in [0.25, 0.3) is 0 Å². The van der Waals surface area contributed by atoms with Crippen LogP contribution in [0.25, 0.3) is 21.8 Å². The molecule has 4 rings (SSSR count). The lowest BCUT2D eigenvalue weighted by atomic mass is 9.85. The van der Waals surface area contributed by atoms with Crippen LogP contribution in [0.1, 0.15) is 44.4 Å². The average Bonchev–Trinajstić information content (AvgIpc) is 3.18. The van der Waals surface area contributed by atoms with Crippen LogP contribution < -0.4 is 0 Å². The van der Waals surface area contributed by atoms with E-state index in [1.807, 2.05) is 12.3 Å². The Hall–Kier alpha value is -2.27. The Balaban J connectivity index is 1.69. The fourth-order valence-electron chi connectivity index (χ4n) is 3.22. The van der Waals surface area contributed by atoms with Crippen LogP contribution in [0.4, 0.5) is 0 Å². The number of hydrogen-bond donors (Lipinski definition) is 0. The van der Waals surface area contributed by atoms with E-state index < -0.39 is 0 Å². The first-order valence-electron chi connectivity index (χ1n) is 8.62. The first-order chi connectivity index (χ1) is 11.9. The van der Waals surface area contributed by atoms with E-state index in [9.17, 15) is 0 Å². The molecule has 0 radical (unpaired) electrons. The molecule has 0 atom stereocenters.